The molecule has 0 radical (unpaired) electrons. The van der Waals surface area contributed by atoms with Crippen molar-refractivity contribution in [2.75, 3.05) is 25.0 Å². The predicted octanol–water partition coefficient (Wildman–Crippen LogP) is 3.18. The Morgan fingerprint density at radius 2 is 1.86 bits per heavy atom. The van der Waals surface area contributed by atoms with Gasteiger partial charge in [-0.25, -0.2) is 0 Å². The molecule has 1 amide bonds. The van der Waals surface area contributed by atoms with E-state index in [4.69, 9.17) is 11.6 Å². The van der Waals surface area contributed by atoms with E-state index in [1.54, 1.807) is 18.5 Å². The molecular formula is C21H22ClN5O. The summed E-state index contributed by atoms with van der Waals surface area (Å²) < 4.78 is 0. The van der Waals surface area contributed by atoms with E-state index in [0.29, 0.717) is 23.7 Å². The smallest absolute Gasteiger partial charge is 0.271 e. The summed E-state index contributed by atoms with van der Waals surface area (Å²) in [5.74, 6) is 0.491. The largest absolute Gasteiger partial charge is 0.358 e. The Hall–Kier alpha value is -2.99. The van der Waals surface area contributed by atoms with E-state index in [9.17, 15) is 4.79 Å². The molecule has 0 unspecified atom stereocenters. The molecule has 0 atom stereocenters. The molecular weight excluding hydrogens is 374 g/mol. The van der Waals surface area contributed by atoms with Crippen LogP contribution in [0.3, 0.4) is 0 Å². The Balaban J connectivity index is 1.48. The number of nitrogens with one attached hydrogen (secondary N) is 1. The lowest BCUT2D eigenvalue weighted by Gasteiger charge is -2.17. The molecule has 3 rings (SSSR count). The van der Waals surface area contributed by atoms with Crippen molar-refractivity contribution < 1.29 is 4.79 Å². The zero-order valence-corrected chi connectivity index (χ0v) is 16.4. The third kappa shape index (κ3) is 5.76. The number of amides is 1. The summed E-state index contributed by atoms with van der Waals surface area (Å²) in [5.41, 5.74) is 2.59. The first kappa shape index (κ1) is 19.8. The van der Waals surface area contributed by atoms with Crippen molar-refractivity contribution in [1.29, 1.82) is 0 Å². The Morgan fingerprint density at radius 1 is 1.04 bits per heavy atom. The number of carbonyl (C=O) groups is 1. The standard InChI is InChI=1S/C21H22ClN5O/c1-27(14-10-16-7-11-23-12-8-16)20-6-5-19(25-26-20)21(28)24-13-9-17-3-2-4-18(22)15-17/h2-8,11-12,15H,9-10,13-14H2,1H3,(H,24,28). The van der Waals surface area contributed by atoms with Crippen LogP contribution < -0.4 is 10.2 Å². The molecule has 0 aliphatic rings. The van der Waals surface area contributed by atoms with Gasteiger partial charge in [-0.2, -0.15) is 0 Å². The van der Waals surface area contributed by atoms with Crippen molar-refractivity contribution in [3.63, 3.8) is 0 Å². The highest BCUT2D eigenvalue weighted by Gasteiger charge is 2.10. The SMILES string of the molecule is CN(CCc1ccncc1)c1ccc(C(=O)NCCc2cccc(Cl)c2)nn1. The molecule has 0 spiro atoms. The number of benzene rings is 1. The molecule has 1 aromatic carbocycles. The van der Waals surface area contributed by atoms with Gasteiger partial charge in [0.2, 0.25) is 0 Å². The average molecular weight is 396 g/mol. The fraction of sp³-hybridized carbons (Fsp3) is 0.238. The highest BCUT2D eigenvalue weighted by atomic mass is 35.5. The molecule has 144 valence electrons. The van der Waals surface area contributed by atoms with Gasteiger partial charge in [-0.15, -0.1) is 10.2 Å². The molecule has 7 heteroatoms. The molecule has 0 saturated carbocycles. The highest BCUT2D eigenvalue weighted by molar-refractivity contribution is 6.30. The zero-order valence-electron chi connectivity index (χ0n) is 15.7. The maximum atomic E-state index is 12.2. The fourth-order valence-electron chi connectivity index (χ4n) is 2.71. The van der Waals surface area contributed by atoms with Crippen molar-refractivity contribution in [2.24, 2.45) is 0 Å². The Morgan fingerprint density at radius 3 is 2.57 bits per heavy atom. The average Bonchev–Trinajstić information content (AvgIpc) is 2.73. The van der Waals surface area contributed by atoms with Crippen molar-refractivity contribution >= 4 is 23.3 Å². The number of aromatic nitrogens is 3. The van der Waals surface area contributed by atoms with Crippen LogP contribution in [-0.2, 0) is 12.8 Å². The maximum Gasteiger partial charge on any atom is 0.271 e. The second-order valence-electron chi connectivity index (χ2n) is 6.44. The molecule has 28 heavy (non-hydrogen) atoms. The molecule has 2 aromatic heterocycles. The molecule has 2 heterocycles. The predicted molar refractivity (Wildman–Crippen MR) is 111 cm³/mol. The monoisotopic (exact) mass is 395 g/mol. The third-order valence-electron chi connectivity index (χ3n) is 4.35. The summed E-state index contributed by atoms with van der Waals surface area (Å²) in [6.45, 7) is 1.30. The topological polar surface area (TPSA) is 71.0 Å². The van der Waals surface area contributed by atoms with E-state index in [1.807, 2.05) is 54.4 Å². The Labute approximate surface area is 169 Å². The Kier molecular flexibility index (Phi) is 6.92. The van der Waals surface area contributed by atoms with E-state index in [2.05, 4.69) is 20.5 Å². The fourth-order valence-corrected chi connectivity index (χ4v) is 2.93. The van der Waals surface area contributed by atoms with Gasteiger partial charge in [0.15, 0.2) is 11.5 Å². The van der Waals surface area contributed by atoms with E-state index >= 15 is 0 Å². The van der Waals surface area contributed by atoms with Gasteiger partial charge < -0.3 is 10.2 Å². The molecule has 0 aliphatic heterocycles. The first-order valence-corrected chi connectivity index (χ1v) is 9.46. The molecule has 3 aromatic rings. The molecule has 1 N–H and O–H groups in total. The third-order valence-corrected chi connectivity index (χ3v) is 4.58. The number of hydrogen-bond donors (Lipinski definition) is 1. The summed E-state index contributed by atoms with van der Waals surface area (Å²) in [4.78, 5) is 18.3. The number of likely N-dealkylation sites (N-methyl/N-ethyl adjacent to an activating group) is 1. The van der Waals surface area contributed by atoms with Crippen LogP contribution in [-0.4, -0.2) is 41.2 Å². The summed E-state index contributed by atoms with van der Waals surface area (Å²) in [5, 5.41) is 11.8. The second kappa shape index (κ2) is 9.80. The van der Waals surface area contributed by atoms with Gasteiger partial charge in [0.25, 0.3) is 5.91 Å². The number of nitrogens with zero attached hydrogens (tertiary/aromatic N) is 4. The Bertz CT molecular complexity index is 902. The number of rotatable bonds is 8. The minimum Gasteiger partial charge on any atom is -0.358 e. The van der Waals surface area contributed by atoms with Crippen LogP contribution in [0.2, 0.25) is 5.02 Å². The van der Waals surface area contributed by atoms with E-state index in [1.165, 1.54) is 5.56 Å². The first-order valence-electron chi connectivity index (χ1n) is 9.08. The number of anilines is 1. The number of hydrogen-bond acceptors (Lipinski definition) is 5. The molecule has 0 saturated heterocycles. The van der Waals surface area contributed by atoms with Gasteiger partial charge in [0.1, 0.15) is 0 Å². The van der Waals surface area contributed by atoms with Gasteiger partial charge in [0.05, 0.1) is 0 Å². The van der Waals surface area contributed by atoms with E-state index in [0.717, 1.165) is 24.3 Å². The zero-order chi connectivity index (χ0) is 19.8. The van der Waals surface area contributed by atoms with Gasteiger partial charge >= 0.3 is 0 Å². The van der Waals surface area contributed by atoms with Crippen LogP contribution in [0.5, 0.6) is 0 Å². The van der Waals surface area contributed by atoms with Crippen LogP contribution in [0.1, 0.15) is 21.6 Å². The van der Waals surface area contributed by atoms with Crippen LogP contribution in [0.25, 0.3) is 0 Å². The van der Waals surface area contributed by atoms with Crippen LogP contribution in [0.4, 0.5) is 5.82 Å². The lowest BCUT2D eigenvalue weighted by atomic mass is 10.1. The quantitative estimate of drug-likeness (QED) is 0.634. The lowest BCUT2D eigenvalue weighted by Crippen LogP contribution is -2.27. The minimum atomic E-state index is -0.236. The van der Waals surface area contributed by atoms with Gasteiger partial charge in [-0.3, -0.25) is 9.78 Å². The normalized spacial score (nSPS) is 10.5. The second-order valence-corrected chi connectivity index (χ2v) is 6.88. The molecule has 6 nitrogen and oxygen atoms in total. The number of carbonyl (C=O) groups excluding carboxylic acids is 1. The van der Waals surface area contributed by atoms with Gasteiger partial charge in [0, 0.05) is 37.6 Å². The van der Waals surface area contributed by atoms with Crippen molar-refractivity contribution in [2.45, 2.75) is 12.8 Å². The van der Waals surface area contributed by atoms with E-state index < -0.39 is 0 Å². The van der Waals surface area contributed by atoms with Crippen LogP contribution in [0, 0.1) is 0 Å². The lowest BCUT2D eigenvalue weighted by molar-refractivity contribution is 0.0948. The summed E-state index contributed by atoms with van der Waals surface area (Å²) in [6, 6.07) is 15.1. The molecule has 0 aliphatic carbocycles. The summed E-state index contributed by atoms with van der Waals surface area (Å²) in [7, 11) is 1.95. The van der Waals surface area contributed by atoms with Crippen LogP contribution >= 0.6 is 11.6 Å². The van der Waals surface area contributed by atoms with E-state index in [-0.39, 0.29) is 5.91 Å². The molecule has 0 bridgehead atoms. The maximum absolute atomic E-state index is 12.2. The number of halogens is 1. The van der Waals surface area contributed by atoms with Gasteiger partial charge in [-0.1, -0.05) is 23.7 Å². The van der Waals surface area contributed by atoms with Crippen molar-refractivity contribution in [1.82, 2.24) is 20.5 Å². The number of pyridine rings is 1. The van der Waals surface area contributed by atoms with Crippen molar-refractivity contribution in [3.8, 4) is 0 Å². The first-order chi connectivity index (χ1) is 13.6. The van der Waals surface area contributed by atoms with Gasteiger partial charge in [-0.05, 0) is 60.4 Å². The molecule has 0 fully saturated rings. The van der Waals surface area contributed by atoms with Crippen LogP contribution in [0.15, 0.2) is 60.9 Å². The van der Waals surface area contributed by atoms with Crippen molar-refractivity contribution in [3.05, 3.63) is 82.8 Å². The highest BCUT2D eigenvalue weighted by Crippen LogP contribution is 2.11. The minimum absolute atomic E-state index is 0.236. The summed E-state index contributed by atoms with van der Waals surface area (Å²) in [6.07, 6.45) is 5.16. The summed E-state index contributed by atoms with van der Waals surface area (Å²) >= 11 is 5.97.